The molecule has 0 unspecified atom stereocenters. The van der Waals surface area contributed by atoms with Gasteiger partial charge in [0.1, 0.15) is 5.57 Å². The van der Waals surface area contributed by atoms with Crippen molar-refractivity contribution in [3.63, 3.8) is 0 Å². The number of rotatable bonds is 3. The van der Waals surface area contributed by atoms with Gasteiger partial charge in [-0.1, -0.05) is 72.8 Å². The minimum atomic E-state index is -0.296. The Morgan fingerprint density at radius 3 is 1.57 bits per heavy atom. The molecule has 1 heterocycles. The van der Waals surface area contributed by atoms with E-state index in [0.29, 0.717) is 5.69 Å². The third kappa shape index (κ3) is 2.99. The number of carbonyl (C=O) groups is 2. The zero-order chi connectivity index (χ0) is 19.7. The maximum Gasteiger partial charge on any atom is 0.282 e. The Morgan fingerprint density at radius 1 is 0.643 bits per heavy atom. The van der Waals surface area contributed by atoms with Gasteiger partial charge in [-0.05, 0) is 41.3 Å². The van der Waals surface area contributed by atoms with Gasteiger partial charge in [0.15, 0.2) is 0 Å². The van der Waals surface area contributed by atoms with E-state index in [1.165, 1.54) is 21.1 Å². The first-order chi connectivity index (χ1) is 13.6. The van der Waals surface area contributed by atoms with Crippen molar-refractivity contribution in [3.8, 4) is 22.3 Å². The molecule has 0 aromatic heterocycles. The van der Waals surface area contributed by atoms with Gasteiger partial charge in [-0.25, -0.2) is 10.0 Å². The van der Waals surface area contributed by atoms with Gasteiger partial charge in [-0.15, -0.1) is 0 Å². The Kier molecular flexibility index (Phi) is 4.53. The largest absolute Gasteiger partial charge is 0.282 e. The molecule has 1 saturated heterocycles. The highest BCUT2D eigenvalue weighted by molar-refractivity contribution is 6.29. The highest BCUT2D eigenvalue weighted by atomic mass is 16.2. The molecule has 3 aromatic rings. The van der Waals surface area contributed by atoms with Gasteiger partial charge >= 0.3 is 0 Å². The molecule has 28 heavy (non-hydrogen) atoms. The minimum absolute atomic E-state index is 0.197. The van der Waals surface area contributed by atoms with Crippen molar-refractivity contribution >= 4 is 17.5 Å². The molecule has 138 valence electrons. The van der Waals surface area contributed by atoms with Crippen LogP contribution in [-0.2, 0) is 9.59 Å². The lowest BCUT2D eigenvalue weighted by Crippen LogP contribution is -2.37. The van der Waals surface area contributed by atoms with E-state index in [-0.39, 0.29) is 17.4 Å². The molecule has 4 nitrogen and oxygen atoms in total. The van der Waals surface area contributed by atoms with Gasteiger partial charge < -0.3 is 0 Å². The summed E-state index contributed by atoms with van der Waals surface area (Å²) in [5, 5.41) is 2.75. The summed E-state index contributed by atoms with van der Waals surface area (Å²) in [4.78, 5) is 24.6. The van der Waals surface area contributed by atoms with Crippen molar-refractivity contribution in [1.29, 1.82) is 0 Å². The Morgan fingerprint density at radius 2 is 1.11 bits per heavy atom. The molecule has 4 heteroatoms. The van der Waals surface area contributed by atoms with Crippen LogP contribution in [0.5, 0.6) is 0 Å². The standard InChI is InChI=1S/C24H20N2O2/c1-3-22-23(27)25(2)26(24(22)28)21-15-13-20(14-16-21)19-11-9-18(10-12-19)17-7-5-4-6-8-17/h3-16H,1-2H3/b22-3+. The molecule has 0 atom stereocenters. The van der Waals surface area contributed by atoms with Gasteiger partial charge in [0, 0.05) is 7.05 Å². The topological polar surface area (TPSA) is 40.6 Å². The highest BCUT2D eigenvalue weighted by Crippen LogP contribution is 2.29. The first-order valence-electron chi connectivity index (χ1n) is 9.15. The average molecular weight is 368 g/mol. The number of hydrogen-bond acceptors (Lipinski definition) is 2. The van der Waals surface area contributed by atoms with Crippen molar-refractivity contribution in [2.75, 3.05) is 12.1 Å². The monoisotopic (exact) mass is 368 g/mol. The second-order valence-electron chi connectivity index (χ2n) is 6.64. The van der Waals surface area contributed by atoms with Gasteiger partial charge in [0.25, 0.3) is 11.8 Å². The second kappa shape index (κ2) is 7.16. The van der Waals surface area contributed by atoms with Crippen LogP contribution in [0.4, 0.5) is 5.69 Å². The van der Waals surface area contributed by atoms with Gasteiger partial charge in [-0.2, -0.15) is 0 Å². The summed E-state index contributed by atoms with van der Waals surface area (Å²) in [7, 11) is 1.60. The van der Waals surface area contributed by atoms with Crippen LogP contribution in [0.15, 0.2) is 90.5 Å². The molecule has 3 aromatic carbocycles. The summed E-state index contributed by atoms with van der Waals surface area (Å²) < 4.78 is 0. The number of carbonyl (C=O) groups excluding carboxylic acids is 2. The van der Waals surface area contributed by atoms with Crippen molar-refractivity contribution < 1.29 is 9.59 Å². The van der Waals surface area contributed by atoms with E-state index in [0.717, 1.165) is 11.1 Å². The lowest BCUT2D eigenvalue weighted by Gasteiger charge is -2.23. The van der Waals surface area contributed by atoms with E-state index in [1.807, 2.05) is 42.5 Å². The zero-order valence-corrected chi connectivity index (χ0v) is 15.8. The van der Waals surface area contributed by atoms with E-state index in [9.17, 15) is 9.59 Å². The SMILES string of the molecule is C/C=C1\C(=O)N(C)N(c2ccc(-c3ccc(-c4ccccc4)cc3)cc2)C1=O. The Bertz CT molecular complexity index is 1050. The van der Waals surface area contributed by atoms with Crippen LogP contribution < -0.4 is 5.01 Å². The number of amides is 2. The number of hydrogen-bond donors (Lipinski definition) is 0. The molecule has 1 aliphatic heterocycles. The first kappa shape index (κ1) is 17.7. The van der Waals surface area contributed by atoms with E-state index < -0.39 is 0 Å². The van der Waals surface area contributed by atoms with Crippen LogP contribution in [0.25, 0.3) is 22.3 Å². The normalized spacial score (nSPS) is 15.6. The van der Waals surface area contributed by atoms with E-state index in [1.54, 1.807) is 20.0 Å². The van der Waals surface area contributed by atoms with Crippen molar-refractivity contribution in [2.24, 2.45) is 0 Å². The van der Waals surface area contributed by atoms with Crippen LogP contribution in [0.3, 0.4) is 0 Å². The van der Waals surface area contributed by atoms with Gasteiger partial charge in [0.2, 0.25) is 0 Å². The summed E-state index contributed by atoms with van der Waals surface area (Å²) in [5.74, 6) is -0.581. The van der Waals surface area contributed by atoms with Crippen molar-refractivity contribution in [2.45, 2.75) is 6.92 Å². The summed E-state index contributed by atoms with van der Waals surface area (Å²) >= 11 is 0. The fourth-order valence-electron chi connectivity index (χ4n) is 3.43. The Hall–Kier alpha value is -3.66. The Balaban J connectivity index is 1.59. The van der Waals surface area contributed by atoms with Crippen molar-refractivity contribution in [3.05, 3.63) is 90.5 Å². The third-order valence-electron chi connectivity index (χ3n) is 4.97. The van der Waals surface area contributed by atoms with Crippen LogP contribution in [0, 0.1) is 0 Å². The lowest BCUT2D eigenvalue weighted by molar-refractivity contribution is -0.124. The summed E-state index contributed by atoms with van der Waals surface area (Å²) in [6, 6.07) is 26.3. The molecule has 0 saturated carbocycles. The van der Waals surface area contributed by atoms with Crippen LogP contribution in [-0.4, -0.2) is 23.9 Å². The minimum Gasteiger partial charge on any atom is -0.267 e. The lowest BCUT2D eigenvalue weighted by atomic mass is 10.0. The molecule has 0 aliphatic carbocycles. The fraction of sp³-hybridized carbons (Fsp3) is 0.0833. The van der Waals surface area contributed by atoms with E-state index in [2.05, 4.69) is 36.4 Å². The van der Waals surface area contributed by atoms with E-state index in [4.69, 9.17) is 0 Å². The van der Waals surface area contributed by atoms with Crippen LogP contribution >= 0.6 is 0 Å². The Labute approximate surface area is 164 Å². The molecule has 4 rings (SSSR count). The number of anilines is 1. The molecular weight excluding hydrogens is 348 g/mol. The molecule has 1 aliphatic rings. The number of allylic oxidation sites excluding steroid dienone is 1. The highest BCUT2D eigenvalue weighted by Gasteiger charge is 2.38. The number of hydrazine groups is 1. The predicted octanol–water partition coefficient (Wildman–Crippen LogP) is 4.69. The number of benzene rings is 3. The number of nitrogens with zero attached hydrogens (tertiary/aromatic N) is 2. The van der Waals surface area contributed by atoms with Gasteiger partial charge in [0.05, 0.1) is 5.69 Å². The molecule has 0 radical (unpaired) electrons. The van der Waals surface area contributed by atoms with E-state index >= 15 is 0 Å². The first-order valence-corrected chi connectivity index (χ1v) is 9.15. The molecule has 0 bridgehead atoms. The molecule has 1 fully saturated rings. The molecule has 0 N–H and O–H groups in total. The summed E-state index contributed by atoms with van der Waals surface area (Å²) in [6.07, 6.45) is 1.56. The maximum absolute atomic E-state index is 12.5. The smallest absolute Gasteiger partial charge is 0.267 e. The van der Waals surface area contributed by atoms with Gasteiger partial charge in [-0.3, -0.25) is 9.59 Å². The molecular formula is C24H20N2O2. The van der Waals surface area contributed by atoms with Crippen LogP contribution in [0.1, 0.15) is 6.92 Å². The summed E-state index contributed by atoms with van der Waals surface area (Å²) in [6.45, 7) is 1.70. The quantitative estimate of drug-likeness (QED) is 0.497. The predicted molar refractivity (Wildman–Crippen MR) is 111 cm³/mol. The average Bonchev–Trinajstić information content (AvgIpc) is 2.97. The molecule has 0 spiro atoms. The second-order valence-corrected chi connectivity index (χ2v) is 6.64. The fourth-order valence-corrected chi connectivity index (χ4v) is 3.43. The molecule has 2 amide bonds. The third-order valence-corrected chi connectivity index (χ3v) is 4.97. The van der Waals surface area contributed by atoms with Crippen molar-refractivity contribution in [1.82, 2.24) is 5.01 Å². The zero-order valence-electron chi connectivity index (χ0n) is 15.8. The maximum atomic E-state index is 12.5. The number of likely N-dealkylation sites (N-methyl/N-ethyl adjacent to an activating group) is 1. The summed E-state index contributed by atoms with van der Waals surface area (Å²) in [5.41, 5.74) is 5.37. The van der Waals surface area contributed by atoms with Crippen LogP contribution in [0.2, 0.25) is 0 Å².